The van der Waals surface area contributed by atoms with E-state index in [9.17, 15) is 26.3 Å². The summed E-state index contributed by atoms with van der Waals surface area (Å²) >= 11 is 0. The molecule has 0 saturated heterocycles. The highest BCUT2D eigenvalue weighted by Gasteiger charge is 2.48. The number of rotatable bonds is 7. The lowest BCUT2D eigenvalue weighted by atomic mass is 10.0. The summed E-state index contributed by atoms with van der Waals surface area (Å²) in [5.41, 5.74) is 0. The molecule has 2 unspecified atom stereocenters. The van der Waals surface area contributed by atoms with Crippen LogP contribution in [0, 0.1) is 5.92 Å². The number of hydrogen-bond donors (Lipinski definition) is 0. The van der Waals surface area contributed by atoms with E-state index in [4.69, 9.17) is 0 Å². The lowest BCUT2D eigenvalue weighted by molar-refractivity contribution is -0.436. The van der Waals surface area contributed by atoms with E-state index in [1.54, 1.807) is 0 Å². The van der Waals surface area contributed by atoms with Crippen LogP contribution in [-0.4, -0.2) is 25.4 Å². The second-order valence-electron chi connectivity index (χ2n) is 3.67. The summed E-state index contributed by atoms with van der Waals surface area (Å²) in [5.74, 6) is -1.64. The zero-order valence-electron chi connectivity index (χ0n) is 9.36. The van der Waals surface area contributed by atoms with Gasteiger partial charge in [0.15, 0.2) is 6.86 Å². The monoisotopic (exact) mass is 268 g/mol. The van der Waals surface area contributed by atoms with Crippen LogP contribution in [0.15, 0.2) is 0 Å². The molecule has 8 heteroatoms. The Hall–Kier alpha value is -0.500. The highest BCUT2D eigenvalue weighted by molar-refractivity contribution is 4.66. The Balaban J connectivity index is 4.15. The first-order valence-corrected chi connectivity index (χ1v) is 4.90. The maximum atomic E-state index is 12.9. The molecule has 2 nitrogen and oxygen atoms in total. The van der Waals surface area contributed by atoms with Crippen LogP contribution in [0.4, 0.5) is 26.3 Å². The summed E-state index contributed by atoms with van der Waals surface area (Å²) in [7, 11) is 0. The van der Waals surface area contributed by atoms with Gasteiger partial charge in [-0.15, -0.1) is 13.2 Å². The lowest BCUT2D eigenvalue weighted by Gasteiger charge is -2.25. The maximum absolute atomic E-state index is 12.9. The normalized spacial score (nSPS) is 16.9. The average Bonchev–Trinajstić information content (AvgIpc) is 2.10. The van der Waals surface area contributed by atoms with Crippen LogP contribution in [-0.2, 0) is 9.47 Å². The molecule has 0 bridgehead atoms. The first kappa shape index (κ1) is 16.5. The lowest BCUT2D eigenvalue weighted by Crippen LogP contribution is -2.36. The van der Waals surface area contributed by atoms with Crippen LogP contribution in [0.25, 0.3) is 0 Å². The molecule has 0 rings (SSSR count). The van der Waals surface area contributed by atoms with Crippen molar-refractivity contribution in [3.63, 3.8) is 0 Å². The molecule has 0 saturated carbocycles. The Morgan fingerprint density at radius 3 is 1.94 bits per heavy atom. The molecular weight excluding hydrogens is 254 g/mol. The van der Waals surface area contributed by atoms with Crippen LogP contribution >= 0.6 is 0 Å². The Morgan fingerprint density at radius 1 is 1.00 bits per heavy atom. The minimum absolute atomic E-state index is 0.0158. The van der Waals surface area contributed by atoms with Gasteiger partial charge in [0.1, 0.15) is 0 Å². The van der Waals surface area contributed by atoms with Gasteiger partial charge < -0.3 is 4.74 Å². The summed E-state index contributed by atoms with van der Waals surface area (Å²) in [4.78, 5) is 0. The minimum atomic E-state index is -5.39. The second kappa shape index (κ2) is 6.44. The fourth-order valence-corrected chi connectivity index (χ4v) is 1.10. The summed E-state index contributed by atoms with van der Waals surface area (Å²) < 4.78 is 79.6. The van der Waals surface area contributed by atoms with Crippen molar-refractivity contribution in [1.82, 2.24) is 0 Å². The highest BCUT2D eigenvalue weighted by Crippen LogP contribution is 2.35. The third-order valence-corrected chi connectivity index (χ3v) is 2.18. The molecule has 0 radical (unpaired) electrons. The van der Waals surface area contributed by atoms with Gasteiger partial charge in [-0.05, 0) is 19.8 Å². The maximum Gasteiger partial charge on any atom is 0.527 e. The molecule has 17 heavy (non-hydrogen) atoms. The van der Waals surface area contributed by atoms with E-state index in [0.717, 1.165) is 6.92 Å². The Labute approximate surface area is 94.9 Å². The van der Waals surface area contributed by atoms with Gasteiger partial charge in [-0.2, -0.15) is 8.78 Å². The predicted molar refractivity (Wildman–Crippen MR) is 47.0 cm³/mol. The molecule has 0 amide bonds. The van der Waals surface area contributed by atoms with E-state index < -0.39 is 31.4 Å². The molecule has 104 valence electrons. The molecule has 0 spiro atoms. The Morgan fingerprint density at radius 2 is 1.53 bits per heavy atom. The third kappa shape index (κ3) is 7.43. The molecule has 0 heterocycles. The van der Waals surface area contributed by atoms with Crippen LogP contribution in [0.1, 0.15) is 26.7 Å². The summed E-state index contributed by atoms with van der Waals surface area (Å²) in [6.45, 7) is 1.30. The van der Waals surface area contributed by atoms with Gasteiger partial charge in [0, 0.05) is 5.92 Å². The van der Waals surface area contributed by atoms with Gasteiger partial charge >= 0.3 is 12.5 Å². The smallest absolute Gasteiger partial charge is 0.348 e. The number of alkyl halides is 6. The third-order valence-electron chi connectivity index (χ3n) is 2.18. The van der Waals surface area contributed by atoms with E-state index >= 15 is 0 Å². The van der Waals surface area contributed by atoms with Crippen LogP contribution in [0.3, 0.4) is 0 Å². The van der Waals surface area contributed by atoms with Gasteiger partial charge in [-0.3, -0.25) is 0 Å². The molecule has 0 aromatic carbocycles. The molecule has 0 aliphatic rings. The van der Waals surface area contributed by atoms with E-state index in [2.05, 4.69) is 9.47 Å². The van der Waals surface area contributed by atoms with Crippen molar-refractivity contribution in [3.8, 4) is 0 Å². The predicted octanol–water partition coefficient (Wildman–Crippen LogP) is 3.86. The van der Waals surface area contributed by atoms with Crippen LogP contribution in [0.2, 0.25) is 0 Å². The summed E-state index contributed by atoms with van der Waals surface area (Å²) in [5, 5.41) is 0. The van der Waals surface area contributed by atoms with Crippen molar-refractivity contribution in [2.24, 2.45) is 5.92 Å². The zero-order valence-corrected chi connectivity index (χ0v) is 9.36. The molecule has 0 fully saturated rings. The average molecular weight is 268 g/mol. The van der Waals surface area contributed by atoms with Crippen molar-refractivity contribution in [3.05, 3.63) is 0 Å². The first-order chi connectivity index (χ1) is 7.58. The van der Waals surface area contributed by atoms with E-state index in [1.165, 1.54) is 6.92 Å². The fraction of sp³-hybridized carbons (Fsp3) is 1.00. The molecule has 0 aliphatic carbocycles. The van der Waals surface area contributed by atoms with Crippen molar-refractivity contribution in [2.45, 2.75) is 45.3 Å². The Kier molecular flexibility index (Phi) is 6.25. The molecule has 0 aromatic heterocycles. The van der Waals surface area contributed by atoms with Gasteiger partial charge in [0.2, 0.25) is 0 Å². The SMILES string of the molecule is CC(CCC(C)C(F)(F)OC(F)(F)F)OCF. The number of ether oxygens (including phenoxy) is 2. The second-order valence-corrected chi connectivity index (χ2v) is 3.67. The summed E-state index contributed by atoms with van der Waals surface area (Å²) in [6, 6.07) is 0. The van der Waals surface area contributed by atoms with Gasteiger partial charge in [-0.1, -0.05) is 6.92 Å². The first-order valence-electron chi connectivity index (χ1n) is 4.90. The van der Waals surface area contributed by atoms with E-state index in [-0.39, 0.29) is 12.8 Å². The molecule has 0 N–H and O–H groups in total. The van der Waals surface area contributed by atoms with Gasteiger partial charge in [0.05, 0.1) is 6.10 Å². The largest absolute Gasteiger partial charge is 0.527 e. The van der Waals surface area contributed by atoms with Crippen LogP contribution < -0.4 is 0 Å². The van der Waals surface area contributed by atoms with Gasteiger partial charge in [-0.25, -0.2) is 9.13 Å². The van der Waals surface area contributed by atoms with Gasteiger partial charge in [0.25, 0.3) is 0 Å². The van der Waals surface area contributed by atoms with Crippen molar-refractivity contribution < 1.29 is 35.8 Å². The fourth-order valence-electron chi connectivity index (χ4n) is 1.10. The molecule has 0 aliphatic heterocycles. The number of hydrogen-bond acceptors (Lipinski definition) is 2. The molecule has 2 atom stereocenters. The quantitative estimate of drug-likeness (QED) is 0.653. The molecule has 0 aromatic rings. The highest BCUT2D eigenvalue weighted by atomic mass is 19.4. The Bertz CT molecular complexity index is 218. The van der Waals surface area contributed by atoms with Crippen molar-refractivity contribution in [1.29, 1.82) is 0 Å². The van der Waals surface area contributed by atoms with Crippen molar-refractivity contribution >= 4 is 0 Å². The molecular formula is C9H14F6O2. The number of halogens is 6. The zero-order chi connectivity index (χ0) is 13.7. The topological polar surface area (TPSA) is 18.5 Å². The standard InChI is InChI=1S/C9H14F6O2/c1-6(3-4-7(2)16-5-10)8(11,12)17-9(13,14)15/h6-7H,3-5H2,1-2H3. The van der Waals surface area contributed by atoms with Crippen LogP contribution in [0.5, 0.6) is 0 Å². The summed E-state index contributed by atoms with van der Waals surface area (Å²) in [6.07, 6.45) is -10.6. The van der Waals surface area contributed by atoms with Crippen molar-refractivity contribution in [2.75, 3.05) is 6.86 Å². The minimum Gasteiger partial charge on any atom is -0.348 e. The van der Waals surface area contributed by atoms with E-state index in [0.29, 0.717) is 0 Å². The van der Waals surface area contributed by atoms with E-state index in [1.807, 2.05) is 0 Å².